The highest BCUT2D eigenvalue weighted by Gasteiger charge is 2.31. The first-order valence-electron chi connectivity index (χ1n) is 4.42. The molecular formula is C10H10O3S. The van der Waals surface area contributed by atoms with Gasteiger partial charge in [0.2, 0.25) is 0 Å². The summed E-state index contributed by atoms with van der Waals surface area (Å²) < 4.78 is 0. The molecule has 0 saturated carbocycles. The molecule has 1 aromatic rings. The van der Waals surface area contributed by atoms with Crippen LogP contribution in [0.3, 0.4) is 0 Å². The fourth-order valence-corrected chi connectivity index (χ4v) is 2.95. The fraction of sp³-hybridized carbons (Fsp3) is 0.400. The van der Waals surface area contributed by atoms with Crippen molar-refractivity contribution in [1.82, 2.24) is 0 Å². The molecule has 0 saturated heterocycles. The van der Waals surface area contributed by atoms with Crippen LogP contribution in [0.25, 0.3) is 0 Å². The Morgan fingerprint density at radius 2 is 2.29 bits per heavy atom. The Labute approximate surface area is 85.4 Å². The number of carboxylic acid groups (broad SMARTS) is 1. The van der Waals surface area contributed by atoms with Crippen LogP contribution >= 0.6 is 11.3 Å². The van der Waals surface area contributed by atoms with Gasteiger partial charge in [0.15, 0.2) is 5.78 Å². The summed E-state index contributed by atoms with van der Waals surface area (Å²) in [5.74, 6) is -1.40. The molecule has 0 amide bonds. The van der Waals surface area contributed by atoms with Crippen molar-refractivity contribution < 1.29 is 14.7 Å². The molecule has 0 spiro atoms. The van der Waals surface area contributed by atoms with Crippen LogP contribution in [-0.2, 0) is 11.2 Å². The highest BCUT2D eigenvalue weighted by Crippen LogP contribution is 2.32. The molecule has 1 heterocycles. The number of hydrogen-bond donors (Lipinski definition) is 1. The molecule has 3 nitrogen and oxygen atoms in total. The largest absolute Gasteiger partial charge is 0.481 e. The molecule has 4 heteroatoms. The number of thiophene rings is 1. The van der Waals surface area contributed by atoms with E-state index in [-0.39, 0.29) is 12.2 Å². The Bertz CT molecular complexity index is 405. The highest BCUT2D eigenvalue weighted by atomic mass is 32.1. The Morgan fingerprint density at radius 3 is 2.93 bits per heavy atom. The fourth-order valence-electron chi connectivity index (χ4n) is 1.82. The Morgan fingerprint density at radius 1 is 1.57 bits per heavy atom. The molecule has 0 aromatic carbocycles. The Kier molecular flexibility index (Phi) is 2.15. The first-order chi connectivity index (χ1) is 6.59. The average Bonchev–Trinajstić information content (AvgIpc) is 2.48. The second-order valence-electron chi connectivity index (χ2n) is 3.58. The standard InChI is InChI=1S/C10H10O3S/c1-5-4-14-8-3-6(10(12)13)2-7(11)9(5)8/h4,6H,2-3H2,1H3,(H,12,13). The predicted molar refractivity (Wildman–Crippen MR) is 52.8 cm³/mol. The van der Waals surface area contributed by atoms with Crippen molar-refractivity contribution in [2.24, 2.45) is 5.92 Å². The number of aliphatic carboxylic acids is 1. The van der Waals surface area contributed by atoms with E-state index in [1.165, 1.54) is 11.3 Å². The molecule has 2 rings (SSSR count). The van der Waals surface area contributed by atoms with Gasteiger partial charge >= 0.3 is 5.97 Å². The number of carboxylic acids is 1. The van der Waals surface area contributed by atoms with Gasteiger partial charge < -0.3 is 5.11 Å². The SMILES string of the molecule is Cc1csc2c1C(=O)CC(C(=O)O)C2. The van der Waals surface area contributed by atoms with Crippen molar-refractivity contribution in [3.8, 4) is 0 Å². The Hall–Kier alpha value is -1.16. The maximum atomic E-state index is 11.6. The lowest BCUT2D eigenvalue weighted by Crippen LogP contribution is -2.25. The summed E-state index contributed by atoms with van der Waals surface area (Å²) >= 11 is 1.49. The van der Waals surface area contributed by atoms with Crippen LogP contribution in [0.5, 0.6) is 0 Å². The van der Waals surface area contributed by atoms with Gasteiger partial charge in [0.05, 0.1) is 5.92 Å². The van der Waals surface area contributed by atoms with E-state index < -0.39 is 11.9 Å². The smallest absolute Gasteiger partial charge is 0.307 e. The van der Waals surface area contributed by atoms with Crippen LogP contribution in [-0.4, -0.2) is 16.9 Å². The molecule has 1 atom stereocenters. The minimum absolute atomic E-state index is 0.0163. The van der Waals surface area contributed by atoms with E-state index in [9.17, 15) is 9.59 Å². The molecule has 1 unspecified atom stereocenters. The van der Waals surface area contributed by atoms with Gasteiger partial charge in [-0.2, -0.15) is 0 Å². The molecule has 1 aliphatic rings. The first-order valence-corrected chi connectivity index (χ1v) is 5.30. The van der Waals surface area contributed by atoms with Gasteiger partial charge in [0.1, 0.15) is 0 Å². The second-order valence-corrected chi connectivity index (χ2v) is 4.55. The summed E-state index contributed by atoms with van der Waals surface area (Å²) in [5, 5.41) is 10.8. The molecule has 1 N–H and O–H groups in total. The van der Waals surface area contributed by atoms with Crippen molar-refractivity contribution in [3.05, 3.63) is 21.4 Å². The van der Waals surface area contributed by atoms with Crippen molar-refractivity contribution in [2.45, 2.75) is 19.8 Å². The summed E-state index contributed by atoms with van der Waals surface area (Å²) in [6, 6.07) is 0. The molecule has 1 aromatic heterocycles. The number of carbonyl (C=O) groups excluding carboxylic acids is 1. The van der Waals surface area contributed by atoms with E-state index in [0.29, 0.717) is 6.42 Å². The van der Waals surface area contributed by atoms with Gasteiger partial charge in [-0.1, -0.05) is 0 Å². The molecule has 0 radical (unpaired) electrons. The van der Waals surface area contributed by atoms with E-state index in [2.05, 4.69) is 0 Å². The van der Waals surface area contributed by atoms with Crippen LogP contribution in [0.15, 0.2) is 5.38 Å². The zero-order chi connectivity index (χ0) is 10.3. The van der Waals surface area contributed by atoms with Gasteiger partial charge in [-0.25, -0.2) is 0 Å². The van der Waals surface area contributed by atoms with Crippen LogP contribution in [0.1, 0.15) is 27.2 Å². The number of Topliss-reactive ketones (excluding diaryl/α,β-unsaturated/α-hetero) is 1. The molecule has 0 aliphatic heterocycles. The van der Waals surface area contributed by atoms with Crippen molar-refractivity contribution in [1.29, 1.82) is 0 Å². The minimum atomic E-state index is -0.866. The van der Waals surface area contributed by atoms with Crippen molar-refractivity contribution >= 4 is 23.1 Å². The lowest BCUT2D eigenvalue weighted by Gasteiger charge is -2.17. The van der Waals surface area contributed by atoms with Gasteiger partial charge in [-0.05, 0) is 24.3 Å². The van der Waals surface area contributed by atoms with E-state index in [1.807, 2.05) is 12.3 Å². The molecule has 0 fully saturated rings. The Balaban J connectivity index is 2.39. The van der Waals surface area contributed by atoms with Gasteiger partial charge in [-0.3, -0.25) is 9.59 Å². The summed E-state index contributed by atoms with van der Waals surface area (Å²) in [4.78, 5) is 23.3. The highest BCUT2D eigenvalue weighted by molar-refractivity contribution is 7.10. The first kappa shape index (κ1) is 9.40. The van der Waals surface area contributed by atoms with E-state index >= 15 is 0 Å². The van der Waals surface area contributed by atoms with Crippen LogP contribution in [0, 0.1) is 12.8 Å². The third kappa shape index (κ3) is 1.35. The zero-order valence-electron chi connectivity index (χ0n) is 7.74. The second kappa shape index (κ2) is 3.20. The summed E-state index contributed by atoms with van der Waals surface area (Å²) in [5.41, 5.74) is 1.76. The minimum Gasteiger partial charge on any atom is -0.481 e. The van der Waals surface area contributed by atoms with Crippen LogP contribution in [0.4, 0.5) is 0 Å². The number of aryl methyl sites for hydroxylation is 1. The molecule has 74 valence electrons. The van der Waals surface area contributed by atoms with E-state index in [1.54, 1.807) is 0 Å². The molecule has 0 bridgehead atoms. The number of rotatable bonds is 1. The van der Waals surface area contributed by atoms with Crippen molar-refractivity contribution in [2.75, 3.05) is 0 Å². The molecule has 14 heavy (non-hydrogen) atoms. The third-order valence-corrected chi connectivity index (χ3v) is 3.67. The monoisotopic (exact) mass is 210 g/mol. The normalized spacial score (nSPS) is 20.6. The molecule has 1 aliphatic carbocycles. The summed E-state index contributed by atoms with van der Waals surface area (Å²) in [7, 11) is 0. The van der Waals surface area contributed by atoms with E-state index in [0.717, 1.165) is 16.0 Å². The van der Waals surface area contributed by atoms with E-state index in [4.69, 9.17) is 5.11 Å². The number of carbonyl (C=O) groups is 2. The lowest BCUT2D eigenvalue weighted by molar-refractivity contribution is -0.141. The van der Waals surface area contributed by atoms with Crippen LogP contribution in [0.2, 0.25) is 0 Å². The number of ketones is 1. The maximum Gasteiger partial charge on any atom is 0.307 e. The summed E-state index contributed by atoms with van der Waals surface area (Å²) in [6.45, 7) is 1.90. The quantitative estimate of drug-likeness (QED) is 0.770. The van der Waals surface area contributed by atoms with Gasteiger partial charge in [-0.15, -0.1) is 11.3 Å². The topological polar surface area (TPSA) is 54.4 Å². The average molecular weight is 210 g/mol. The summed E-state index contributed by atoms with van der Waals surface area (Å²) in [6.07, 6.45) is 0.662. The number of hydrogen-bond acceptors (Lipinski definition) is 3. The molecular weight excluding hydrogens is 200 g/mol. The number of fused-ring (bicyclic) bond motifs is 1. The van der Waals surface area contributed by atoms with Crippen molar-refractivity contribution in [3.63, 3.8) is 0 Å². The predicted octanol–water partition coefficient (Wildman–Crippen LogP) is 1.89. The van der Waals surface area contributed by atoms with Gasteiger partial charge in [0, 0.05) is 16.9 Å². The van der Waals surface area contributed by atoms with Crippen LogP contribution < -0.4 is 0 Å². The maximum absolute atomic E-state index is 11.6. The lowest BCUT2D eigenvalue weighted by atomic mass is 9.87. The van der Waals surface area contributed by atoms with Gasteiger partial charge in [0.25, 0.3) is 0 Å². The third-order valence-electron chi connectivity index (χ3n) is 2.54. The zero-order valence-corrected chi connectivity index (χ0v) is 8.56.